The Kier molecular flexibility index (Phi) is 4.09. The zero-order chi connectivity index (χ0) is 14.7. The maximum atomic E-state index is 11.9. The molecule has 3 rings (SSSR count). The fraction of sp³-hybridized carbons (Fsp3) is 0. The highest BCUT2D eigenvalue weighted by molar-refractivity contribution is 7.14. The summed E-state index contributed by atoms with van der Waals surface area (Å²) in [5.41, 5.74) is 6.00. The first-order chi connectivity index (χ1) is 10.2. The molecule has 0 bridgehead atoms. The Bertz CT molecular complexity index is 748. The summed E-state index contributed by atoms with van der Waals surface area (Å²) in [5.74, 6) is -0.774. The molecule has 8 heteroatoms. The number of nitrogens with one attached hydrogen (secondary N) is 2. The molecule has 106 valence electrons. The quantitative estimate of drug-likeness (QED) is 0.723. The van der Waals surface area contributed by atoms with Crippen LogP contribution in [0, 0.1) is 0 Å². The number of hydrogen-bond donors (Lipinski definition) is 2. The van der Waals surface area contributed by atoms with Gasteiger partial charge in [0.05, 0.1) is 4.88 Å². The first-order valence-corrected chi connectivity index (χ1v) is 8.56. The van der Waals surface area contributed by atoms with E-state index in [9.17, 15) is 9.59 Å². The Morgan fingerprint density at radius 1 is 1.00 bits per heavy atom. The molecule has 3 heterocycles. The van der Waals surface area contributed by atoms with E-state index in [1.807, 2.05) is 16.8 Å². The van der Waals surface area contributed by atoms with Crippen LogP contribution < -0.4 is 10.9 Å². The molecule has 0 radical (unpaired) electrons. The monoisotopic (exact) mass is 335 g/mol. The summed E-state index contributed by atoms with van der Waals surface area (Å²) in [7, 11) is 0. The van der Waals surface area contributed by atoms with E-state index >= 15 is 0 Å². The summed E-state index contributed by atoms with van der Waals surface area (Å²) in [6.45, 7) is 0. The van der Waals surface area contributed by atoms with Crippen LogP contribution in [0.4, 0.5) is 0 Å². The minimum Gasteiger partial charge on any atom is -0.266 e. The Labute approximate surface area is 132 Å². The summed E-state index contributed by atoms with van der Waals surface area (Å²) in [6.07, 6.45) is 0. The molecule has 5 nitrogen and oxygen atoms in total. The molecule has 3 aromatic heterocycles. The van der Waals surface area contributed by atoms with Crippen molar-refractivity contribution in [1.29, 1.82) is 0 Å². The molecule has 0 spiro atoms. The van der Waals surface area contributed by atoms with Crippen LogP contribution in [0.5, 0.6) is 0 Å². The molecule has 3 aromatic rings. The lowest BCUT2D eigenvalue weighted by Crippen LogP contribution is -2.41. The van der Waals surface area contributed by atoms with E-state index in [4.69, 9.17) is 0 Å². The van der Waals surface area contributed by atoms with Crippen LogP contribution in [-0.4, -0.2) is 16.8 Å². The second kappa shape index (κ2) is 6.17. The van der Waals surface area contributed by atoms with Crippen LogP contribution in [0.1, 0.15) is 20.2 Å². The van der Waals surface area contributed by atoms with E-state index < -0.39 is 5.91 Å². The van der Waals surface area contributed by atoms with Crippen molar-refractivity contribution < 1.29 is 9.59 Å². The van der Waals surface area contributed by atoms with Crippen molar-refractivity contribution >= 4 is 45.8 Å². The zero-order valence-electron chi connectivity index (χ0n) is 10.5. The first kappa shape index (κ1) is 13.9. The second-order valence-electron chi connectivity index (χ2n) is 3.94. The van der Waals surface area contributed by atoms with E-state index in [2.05, 4.69) is 15.8 Å². The van der Waals surface area contributed by atoms with Gasteiger partial charge in [-0.25, -0.2) is 4.98 Å². The number of hydrogen-bond acceptors (Lipinski definition) is 6. The molecule has 2 N–H and O–H groups in total. The Morgan fingerprint density at radius 2 is 1.86 bits per heavy atom. The van der Waals surface area contributed by atoms with Crippen LogP contribution in [-0.2, 0) is 0 Å². The van der Waals surface area contributed by atoms with E-state index in [-0.39, 0.29) is 11.6 Å². The van der Waals surface area contributed by atoms with Gasteiger partial charge in [0.15, 0.2) is 0 Å². The van der Waals surface area contributed by atoms with Crippen molar-refractivity contribution in [2.75, 3.05) is 0 Å². The Hall–Kier alpha value is -2.03. The third-order valence-electron chi connectivity index (χ3n) is 2.54. The largest absolute Gasteiger partial charge is 0.289 e. The van der Waals surface area contributed by atoms with Gasteiger partial charge in [-0.2, -0.15) is 11.3 Å². The van der Waals surface area contributed by atoms with Gasteiger partial charge in [-0.3, -0.25) is 20.4 Å². The lowest BCUT2D eigenvalue weighted by atomic mass is 10.3. The molecular formula is C13H9N3O2S3. The zero-order valence-corrected chi connectivity index (χ0v) is 13.0. The minimum atomic E-state index is -0.433. The van der Waals surface area contributed by atoms with Crippen molar-refractivity contribution in [2.24, 2.45) is 0 Å². The summed E-state index contributed by atoms with van der Waals surface area (Å²) < 4.78 is 0. The smallest absolute Gasteiger partial charge is 0.266 e. The van der Waals surface area contributed by atoms with Gasteiger partial charge >= 0.3 is 0 Å². The predicted octanol–water partition coefficient (Wildman–Crippen LogP) is 3.01. The number of thiazole rings is 1. The van der Waals surface area contributed by atoms with Crippen LogP contribution in [0.3, 0.4) is 0 Å². The van der Waals surface area contributed by atoms with Crippen LogP contribution in [0.15, 0.2) is 39.7 Å². The van der Waals surface area contributed by atoms with Crippen molar-refractivity contribution in [3.63, 3.8) is 0 Å². The molecule has 21 heavy (non-hydrogen) atoms. The number of carbonyl (C=O) groups excluding carboxylic acids is 2. The van der Waals surface area contributed by atoms with Gasteiger partial charge in [0.25, 0.3) is 11.8 Å². The molecule has 0 aliphatic heterocycles. The number of carbonyl (C=O) groups is 2. The molecule has 0 aromatic carbocycles. The Morgan fingerprint density at radius 3 is 2.57 bits per heavy atom. The molecule has 2 amide bonds. The van der Waals surface area contributed by atoms with Gasteiger partial charge in [0.2, 0.25) is 0 Å². The van der Waals surface area contributed by atoms with Crippen molar-refractivity contribution in [3.8, 4) is 10.6 Å². The average molecular weight is 335 g/mol. The number of aromatic nitrogens is 1. The minimum absolute atomic E-state index is 0.285. The van der Waals surface area contributed by atoms with Crippen LogP contribution >= 0.6 is 34.0 Å². The highest BCUT2D eigenvalue weighted by Crippen LogP contribution is 2.25. The molecule has 0 unspecified atom stereocenters. The molecular weight excluding hydrogens is 326 g/mol. The van der Waals surface area contributed by atoms with Crippen molar-refractivity contribution in [2.45, 2.75) is 0 Å². The van der Waals surface area contributed by atoms with Crippen LogP contribution in [0.2, 0.25) is 0 Å². The van der Waals surface area contributed by atoms with Crippen LogP contribution in [0.25, 0.3) is 10.6 Å². The van der Waals surface area contributed by atoms with E-state index in [0.29, 0.717) is 4.88 Å². The van der Waals surface area contributed by atoms with Gasteiger partial charge in [-0.15, -0.1) is 22.7 Å². The number of nitrogens with zero attached hydrogens (tertiary/aromatic N) is 1. The van der Waals surface area contributed by atoms with E-state index in [1.165, 1.54) is 22.7 Å². The standard InChI is InChI=1S/C13H9N3O2S3/c17-11(15-16-12(18)10-2-1-4-20-10)9-7-21-13(14-9)8-3-5-19-6-8/h1-7H,(H,15,17)(H,16,18). The average Bonchev–Trinajstić information content (AvgIpc) is 3.25. The first-order valence-electron chi connectivity index (χ1n) is 5.86. The van der Waals surface area contributed by atoms with Crippen molar-refractivity contribution in [3.05, 3.63) is 50.3 Å². The van der Waals surface area contributed by atoms with Gasteiger partial charge in [0.1, 0.15) is 10.7 Å². The topological polar surface area (TPSA) is 71.1 Å². The molecule has 0 atom stereocenters. The predicted molar refractivity (Wildman–Crippen MR) is 84.7 cm³/mol. The van der Waals surface area contributed by atoms with Gasteiger partial charge < -0.3 is 0 Å². The summed E-state index contributed by atoms with van der Waals surface area (Å²) in [6, 6.07) is 5.41. The van der Waals surface area contributed by atoms with Gasteiger partial charge in [0, 0.05) is 16.3 Å². The fourth-order valence-corrected chi connectivity index (χ4v) is 3.67. The van der Waals surface area contributed by atoms with Gasteiger partial charge in [-0.05, 0) is 22.9 Å². The highest BCUT2D eigenvalue weighted by Gasteiger charge is 2.13. The second-order valence-corrected chi connectivity index (χ2v) is 6.52. The molecule has 0 fully saturated rings. The third kappa shape index (κ3) is 3.18. The number of rotatable bonds is 3. The molecule has 0 aliphatic carbocycles. The normalized spacial score (nSPS) is 10.3. The lowest BCUT2D eigenvalue weighted by molar-refractivity contribution is 0.0846. The maximum Gasteiger partial charge on any atom is 0.289 e. The van der Waals surface area contributed by atoms with E-state index in [0.717, 1.165) is 10.6 Å². The summed E-state index contributed by atoms with van der Waals surface area (Å²) in [4.78, 5) is 28.4. The van der Waals surface area contributed by atoms with Gasteiger partial charge in [-0.1, -0.05) is 6.07 Å². The molecule has 0 aliphatic rings. The third-order valence-corrected chi connectivity index (χ3v) is 4.98. The maximum absolute atomic E-state index is 11.9. The molecule has 0 saturated carbocycles. The highest BCUT2D eigenvalue weighted by atomic mass is 32.1. The lowest BCUT2D eigenvalue weighted by Gasteiger charge is -2.03. The van der Waals surface area contributed by atoms with E-state index in [1.54, 1.807) is 34.2 Å². The Balaban J connectivity index is 1.62. The summed E-state index contributed by atoms with van der Waals surface area (Å²) >= 11 is 4.27. The fourth-order valence-electron chi connectivity index (χ4n) is 1.54. The number of hydrazine groups is 1. The summed E-state index contributed by atoms with van der Waals surface area (Å²) in [5, 5.41) is 8.17. The number of thiophene rings is 2. The SMILES string of the molecule is O=C(NNC(=O)c1cccs1)c1csc(-c2ccsc2)n1. The number of amides is 2. The van der Waals surface area contributed by atoms with Crippen molar-refractivity contribution in [1.82, 2.24) is 15.8 Å². The molecule has 0 saturated heterocycles.